The van der Waals surface area contributed by atoms with Gasteiger partial charge in [0.25, 0.3) is 5.72 Å². The Labute approximate surface area is 143 Å². The Morgan fingerprint density at radius 2 is 2.08 bits per heavy atom. The van der Waals surface area contributed by atoms with E-state index in [4.69, 9.17) is 0 Å². The molecular weight excluding hydrogens is 397 g/mol. The minimum absolute atomic E-state index is 0.186. The molecule has 0 radical (unpaired) electrons. The van der Waals surface area contributed by atoms with Crippen LogP contribution in [-0.4, -0.2) is 40.5 Å². The number of alkyl halides is 3. The zero-order chi connectivity index (χ0) is 18.1. The van der Waals surface area contributed by atoms with Crippen LogP contribution in [-0.2, 0) is 14.3 Å². The largest absolute Gasteiger partial charge is 0.459 e. The molecule has 1 atom stereocenters. The summed E-state index contributed by atoms with van der Waals surface area (Å²) in [7, 11) is 0. The van der Waals surface area contributed by atoms with Crippen molar-refractivity contribution < 1.29 is 32.6 Å². The number of hydrogen-bond acceptors (Lipinski definition) is 5. The Morgan fingerprint density at radius 3 is 2.62 bits per heavy atom. The van der Waals surface area contributed by atoms with Crippen LogP contribution in [0.25, 0.3) is 5.70 Å². The van der Waals surface area contributed by atoms with Crippen molar-refractivity contribution in [2.75, 3.05) is 6.61 Å². The molecule has 1 aliphatic rings. The van der Waals surface area contributed by atoms with Crippen LogP contribution in [0.4, 0.5) is 13.2 Å². The number of nitrogens with zero attached hydrogens (tertiary/aromatic N) is 1. The van der Waals surface area contributed by atoms with E-state index in [0.717, 1.165) is 0 Å². The molecule has 2 N–H and O–H groups in total. The fraction of sp³-hybridized carbons (Fsp3) is 0.286. The summed E-state index contributed by atoms with van der Waals surface area (Å²) < 4.78 is 44.8. The fourth-order valence-electron chi connectivity index (χ4n) is 2.01. The van der Waals surface area contributed by atoms with Gasteiger partial charge >= 0.3 is 18.1 Å². The average Bonchev–Trinajstić information content (AvgIpc) is 2.86. The van der Waals surface area contributed by atoms with Crippen LogP contribution >= 0.6 is 15.9 Å². The number of ether oxygens (including phenoxy) is 1. The van der Waals surface area contributed by atoms with Gasteiger partial charge < -0.3 is 9.84 Å². The van der Waals surface area contributed by atoms with Gasteiger partial charge in [0.05, 0.1) is 12.3 Å². The van der Waals surface area contributed by atoms with Gasteiger partial charge in [0.15, 0.2) is 0 Å². The first-order valence-corrected chi connectivity index (χ1v) is 7.45. The summed E-state index contributed by atoms with van der Waals surface area (Å²) in [6, 6.07) is 6.16. The second-order valence-corrected chi connectivity index (χ2v) is 5.68. The van der Waals surface area contributed by atoms with Crippen LogP contribution in [0, 0.1) is 0 Å². The summed E-state index contributed by atoms with van der Waals surface area (Å²) in [5.74, 6) is -3.19. The van der Waals surface area contributed by atoms with Gasteiger partial charge in [0, 0.05) is 16.1 Å². The number of rotatable bonds is 2. The summed E-state index contributed by atoms with van der Waals surface area (Å²) in [5.41, 5.74) is -1.48. The number of nitrogens with one attached hydrogen (secondary N) is 1. The first-order valence-electron chi connectivity index (χ1n) is 6.66. The van der Waals surface area contributed by atoms with Gasteiger partial charge in [-0.3, -0.25) is 10.2 Å². The maximum atomic E-state index is 13.3. The van der Waals surface area contributed by atoms with Crippen molar-refractivity contribution in [2.24, 2.45) is 0 Å². The molecule has 130 valence electrons. The molecule has 0 spiro atoms. The van der Waals surface area contributed by atoms with E-state index in [1.807, 2.05) is 0 Å². The Kier molecular flexibility index (Phi) is 4.90. The van der Waals surface area contributed by atoms with E-state index in [1.165, 1.54) is 19.1 Å². The molecule has 0 bridgehead atoms. The number of hydrogen-bond donors (Lipinski definition) is 2. The van der Waals surface area contributed by atoms with Crippen molar-refractivity contribution in [3.8, 4) is 0 Å². The van der Waals surface area contributed by atoms with Crippen molar-refractivity contribution >= 4 is 33.5 Å². The number of carbonyl (C=O) groups excluding carboxylic acids is 2. The zero-order valence-corrected chi connectivity index (χ0v) is 13.8. The number of esters is 1. The minimum atomic E-state index is -5.24. The third kappa shape index (κ3) is 3.24. The summed E-state index contributed by atoms with van der Waals surface area (Å²) in [5, 5.41) is 9.80. The smallest absolute Gasteiger partial charge is 0.442 e. The Bertz CT molecular complexity index is 708. The molecule has 0 aromatic heterocycles. The highest BCUT2D eigenvalue weighted by Gasteiger charge is 2.62. The van der Waals surface area contributed by atoms with E-state index in [1.54, 1.807) is 12.1 Å². The van der Waals surface area contributed by atoms with Crippen LogP contribution in [0.15, 0.2) is 34.8 Å². The number of amides is 1. The lowest BCUT2D eigenvalue weighted by Crippen LogP contribution is -2.62. The van der Waals surface area contributed by atoms with Gasteiger partial charge in [-0.2, -0.15) is 13.2 Å². The van der Waals surface area contributed by atoms with Gasteiger partial charge in [-0.25, -0.2) is 9.80 Å². The summed E-state index contributed by atoms with van der Waals surface area (Å²) in [4.78, 5) is 23.4. The average molecular weight is 409 g/mol. The molecule has 0 fully saturated rings. The second-order valence-electron chi connectivity index (χ2n) is 4.77. The molecule has 0 unspecified atom stereocenters. The van der Waals surface area contributed by atoms with Crippen molar-refractivity contribution in [3.63, 3.8) is 0 Å². The first-order chi connectivity index (χ1) is 11.1. The molecule has 1 heterocycles. The molecule has 0 aliphatic carbocycles. The highest BCUT2D eigenvalue weighted by molar-refractivity contribution is 9.10. The molecule has 24 heavy (non-hydrogen) atoms. The quantitative estimate of drug-likeness (QED) is 0.577. The molecule has 1 aromatic carbocycles. The SMILES string of the molecule is CCOC(=O)C(=O)N1NC(c2cccc(Br)c2)=C[C@@]1(O)C(F)(F)F. The number of carbonyl (C=O) groups is 2. The number of hydrazine groups is 1. The van der Waals surface area contributed by atoms with E-state index in [9.17, 15) is 27.9 Å². The van der Waals surface area contributed by atoms with Crippen molar-refractivity contribution in [1.82, 2.24) is 10.4 Å². The standard InChI is InChI=1S/C14H12BrF3N2O4/c1-2-24-12(22)11(21)20-13(23,14(16,17)18)7-10(19-20)8-4-3-5-9(15)6-8/h3-7,19,23H,2H2,1H3/t13-/m1/s1. The second kappa shape index (κ2) is 6.44. The normalized spacial score (nSPS) is 20.4. The van der Waals surface area contributed by atoms with Gasteiger partial charge in [-0.1, -0.05) is 28.1 Å². The van der Waals surface area contributed by atoms with Gasteiger partial charge in [-0.05, 0) is 19.1 Å². The van der Waals surface area contributed by atoms with Crippen molar-refractivity contribution in [3.05, 3.63) is 40.4 Å². The van der Waals surface area contributed by atoms with E-state index in [0.29, 0.717) is 10.5 Å². The Morgan fingerprint density at radius 1 is 1.42 bits per heavy atom. The first kappa shape index (κ1) is 18.3. The summed E-state index contributed by atoms with van der Waals surface area (Å²) in [6.45, 7) is 1.19. The van der Waals surface area contributed by atoms with Gasteiger partial charge in [0.2, 0.25) is 0 Å². The zero-order valence-electron chi connectivity index (χ0n) is 12.2. The van der Waals surface area contributed by atoms with E-state index in [2.05, 4.69) is 26.1 Å². The lowest BCUT2D eigenvalue weighted by Gasteiger charge is -2.32. The van der Waals surface area contributed by atoms with Crippen molar-refractivity contribution in [1.29, 1.82) is 0 Å². The summed E-state index contributed by atoms with van der Waals surface area (Å²) >= 11 is 3.17. The van der Waals surface area contributed by atoms with Gasteiger partial charge in [-0.15, -0.1) is 0 Å². The number of benzene rings is 1. The number of aliphatic hydroxyl groups is 1. The molecule has 1 aliphatic heterocycles. The Hall–Kier alpha value is -2.07. The molecular formula is C14H12BrF3N2O4. The predicted molar refractivity (Wildman–Crippen MR) is 79.7 cm³/mol. The molecule has 0 saturated carbocycles. The minimum Gasteiger partial charge on any atom is -0.459 e. The molecule has 1 aromatic rings. The van der Waals surface area contributed by atoms with Crippen LogP contribution in [0.3, 0.4) is 0 Å². The summed E-state index contributed by atoms with van der Waals surface area (Å²) in [6.07, 6.45) is -4.82. The highest BCUT2D eigenvalue weighted by atomic mass is 79.9. The van der Waals surface area contributed by atoms with Crippen LogP contribution < -0.4 is 5.43 Å². The van der Waals surface area contributed by atoms with Crippen LogP contribution in [0.1, 0.15) is 12.5 Å². The lowest BCUT2D eigenvalue weighted by molar-refractivity contribution is -0.288. The molecule has 6 nitrogen and oxygen atoms in total. The lowest BCUT2D eigenvalue weighted by atomic mass is 10.1. The van der Waals surface area contributed by atoms with Crippen LogP contribution in [0.5, 0.6) is 0 Å². The van der Waals surface area contributed by atoms with E-state index in [-0.39, 0.29) is 22.9 Å². The molecule has 0 saturated heterocycles. The topological polar surface area (TPSA) is 78.9 Å². The number of halogens is 4. The molecule has 1 amide bonds. The molecule has 10 heteroatoms. The monoisotopic (exact) mass is 408 g/mol. The van der Waals surface area contributed by atoms with E-state index >= 15 is 0 Å². The Balaban J connectivity index is 2.44. The maximum Gasteiger partial charge on any atom is 0.442 e. The molecule has 2 rings (SSSR count). The van der Waals surface area contributed by atoms with Gasteiger partial charge in [0.1, 0.15) is 0 Å². The van der Waals surface area contributed by atoms with E-state index < -0.39 is 23.8 Å². The fourth-order valence-corrected chi connectivity index (χ4v) is 2.41. The maximum absolute atomic E-state index is 13.3. The predicted octanol–water partition coefficient (Wildman–Crippen LogP) is 1.95. The third-order valence-corrected chi connectivity index (χ3v) is 3.62. The third-order valence-electron chi connectivity index (χ3n) is 3.12. The van der Waals surface area contributed by atoms with Crippen molar-refractivity contribution in [2.45, 2.75) is 18.8 Å². The van der Waals surface area contributed by atoms with Crippen LogP contribution in [0.2, 0.25) is 0 Å². The highest BCUT2D eigenvalue weighted by Crippen LogP contribution is 2.40.